The molecule has 0 aliphatic rings. The summed E-state index contributed by atoms with van der Waals surface area (Å²) in [6.07, 6.45) is 0. The van der Waals surface area contributed by atoms with E-state index in [1.807, 2.05) is 0 Å². The van der Waals surface area contributed by atoms with Crippen LogP contribution < -0.4 is 5.73 Å². The summed E-state index contributed by atoms with van der Waals surface area (Å²) in [5, 5.41) is 9.23. The Hall–Kier alpha value is -0.850. The van der Waals surface area contributed by atoms with Gasteiger partial charge in [-0.25, -0.2) is 4.39 Å². The lowest BCUT2D eigenvalue weighted by molar-refractivity contribution is 0.627. The number of hydrogen-bond donors (Lipinski definition) is 1. The van der Waals surface area contributed by atoms with E-state index >= 15 is 0 Å². The number of nitrogens with two attached hydrogens (primary N) is 1. The Kier molecular flexibility index (Phi) is 3.08. The molecule has 3 nitrogen and oxygen atoms in total. The summed E-state index contributed by atoms with van der Waals surface area (Å²) in [6, 6.07) is 4.61. The van der Waals surface area contributed by atoms with Crippen molar-refractivity contribution in [3.63, 3.8) is 0 Å². The second-order valence-corrected chi connectivity index (χ2v) is 4.84. The highest BCUT2D eigenvalue weighted by Crippen LogP contribution is 2.26. The average molecular weight is 288 g/mol. The summed E-state index contributed by atoms with van der Waals surface area (Å²) in [7, 11) is 0. The number of nitrogens with zero attached hydrogens (tertiary/aromatic N) is 2. The Morgan fingerprint density at radius 3 is 2.73 bits per heavy atom. The van der Waals surface area contributed by atoms with Crippen molar-refractivity contribution >= 4 is 27.3 Å². The fourth-order valence-corrected chi connectivity index (χ4v) is 2.30. The monoisotopic (exact) mass is 287 g/mol. The van der Waals surface area contributed by atoms with E-state index in [9.17, 15) is 4.39 Å². The minimum Gasteiger partial charge on any atom is -0.324 e. The minimum atomic E-state index is -0.302. The smallest absolute Gasteiger partial charge is 0.147 e. The molecular weight excluding hydrogens is 281 g/mol. The molecule has 6 heteroatoms. The van der Waals surface area contributed by atoms with Gasteiger partial charge in [-0.3, -0.25) is 0 Å². The predicted octanol–water partition coefficient (Wildman–Crippen LogP) is 2.57. The first-order valence-electron chi connectivity index (χ1n) is 4.18. The lowest BCUT2D eigenvalue weighted by atomic mass is 10.2. The molecule has 1 heterocycles. The lowest BCUT2D eigenvalue weighted by Gasteiger charge is -1.97. The third-order valence-corrected chi connectivity index (χ3v) is 3.20. The third kappa shape index (κ3) is 2.39. The second-order valence-electron chi connectivity index (χ2n) is 2.86. The van der Waals surface area contributed by atoms with Gasteiger partial charge in [-0.15, -0.1) is 10.2 Å². The molecule has 2 rings (SSSR count). The summed E-state index contributed by atoms with van der Waals surface area (Å²) in [5.74, 6) is -0.302. The summed E-state index contributed by atoms with van der Waals surface area (Å²) >= 11 is 4.59. The third-order valence-electron chi connectivity index (χ3n) is 1.75. The predicted molar refractivity (Wildman–Crippen MR) is 60.9 cm³/mol. The van der Waals surface area contributed by atoms with Gasteiger partial charge in [0.1, 0.15) is 15.8 Å². The largest absolute Gasteiger partial charge is 0.324 e. The highest BCUT2D eigenvalue weighted by molar-refractivity contribution is 9.10. The quantitative estimate of drug-likeness (QED) is 0.924. The number of aromatic nitrogens is 2. The number of halogens is 2. The summed E-state index contributed by atoms with van der Waals surface area (Å²) in [5.41, 5.74) is 6.13. The zero-order valence-corrected chi connectivity index (χ0v) is 9.98. The van der Waals surface area contributed by atoms with Crippen molar-refractivity contribution < 1.29 is 4.39 Å². The van der Waals surface area contributed by atoms with E-state index in [1.54, 1.807) is 6.07 Å². The van der Waals surface area contributed by atoms with Crippen LogP contribution in [0, 0.1) is 5.82 Å². The van der Waals surface area contributed by atoms with Crippen molar-refractivity contribution in [3.05, 3.63) is 33.5 Å². The van der Waals surface area contributed by atoms with Crippen LogP contribution in [0.5, 0.6) is 0 Å². The van der Waals surface area contributed by atoms with Crippen LogP contribution >= 0.6 is 27.3 Å². The molecule has 78 valence electrons. The van der Waals surface area contributed by atoms with Crippen LogP contribution in [0.4, 0.5) is 4.39 Å². The first-order chi connectivity index (χ1) is 7.19. The van der Waals surface area contributed by atoms with Crippen molar-refractivity contribution in [2.45, 2.75) is 6.54 Å². The van der Waals surface area contributed by atoms with Crippen LogP contribution in [0.2, 0.25) is 0 Å². The molecule has 0 saturated carbocycles. The molecular formula is C9H7BrFN3S. The van der Waals surface area contributed by atoms with Crippen molar-refractivity contribution in [2.24, 2.45) is 5.73 Å². The SMILES string of the molecule is NCc1nnc(-c2cc(F)cc(Br)c2)s1. The standard InChI is InChI=1S/C9H7BrFN3S/c10-6-1-5(2-7(11)3-6)9-14-13-8(4-12)15-9/h1-3H,4,12H2. The first kappa shape index (κ1) is 10.7. The topological polar surface area (TPSA) is 51.8 Å². The van der Waals surface area contributed by atoms with Gasteiger partial charge in [0.05, 0.1) is 0 Å². The molecule has 0 bridgehead atoms. The molecule has 2 aromatic rings. The van der Waals surface area contributed by atoms with Crippen LogP contribution in [0.1, 0.15) is 5.01 Å². The maximum Gasteiger partial charge on any atom is 0.147 e. The minimum absolute atomic E-state index is 0.302. The normalized spacial score (nSPS) is 10.6. The molecule has 0 unspecified atom stereocenters. The fraction of sp³-hybridized carbons (Fsp3) is 0.111. The van der Waals surface area contributed by atoms with Gasteiger partial charge in [0.25, 0.3) is 0 Å². The first-order valence-corrected chi connectivity index (χ1v) is 5.79. The maximum absolute atomic E-state index is 13.1. The Bertz CT molecular complexity index is 466. The summed E-state index contributed by atoms with van der Waals surface area (Å²) in [6.45, 7) is 0.355. The van der Waals surface area contributed by atoms with E-state index < -0.39 is 0 Å². The van der Waals surface area contributed by atoms with Crippen LogP contribution in [0.15, 0.2) is 22.7 Å². The molecule has 0 spiro atoms. The van der Waals surface area contributed by atoms with E-state index in [0.29, 0.717) is 21.6 Å². The number of benzene rings is 1. The van der Waals surface area contributed by atoms with Gasteiger partial charge in [-0.2, -0.15) is 0 Å². The van der Waals surface area contributed by atoms with Crippen LogP contribution in [0.25, 0.3) is 10.6 Å². The Morgan fingerprint density at radius 1 is 1.33 bits per heavy atom. The molecule has 0 amide bonds. The van der Waals surface area contributed by atoms with Crippen LogP contribution in [0.3, 0.4) is 0 Å². The van der Waals surface area contributed by atoms with Crippen LogP contribution in [-0.2, 0) is 6.54 Å². The lowest BCUT2D eigenvalue weighted by Crippen LogP contribution is -1.94. The molecule has 0 saturated heterocycles. The van der Waals surface area contributed by atoms with Gasteiger partial charge < -0.3 is 5.73 Å². The fourth-order valence-electron chi connectivity index (χ4n) is 1.13. The van der Waals surface area contributed by atoms with Crippen molar-refractivity contribution in [3.8, 4) is 10.6 Å². The Labute approximate surface area is 98.3 Å². The highest BCUT2D eigenvalue weighted by Gasteiger charge is 2.07. The van der Waals surface area contributed by atoms with E-state index in [2.05, 4.69) is 26.1 Å². The Morgan fingerprint density at radius 2 is 2.13 bits per heavy atom. The molecule has 2 N–H and O–H groups in total. The molecule has 0 atom stereocenters. The van der Waals surface area contributed by atoms with Gasteiger partial charge in [0.2, 0.25) is 0 Å². The average Bonchev–Trinajstić information content (AvgIpc) is 2.64. The van der Waals surface area contributed by atoms with Gasteiger partial charge >= 0.3 is 0 Å². The summed E-state index contributed by atoms with van der Waals surface area (Å²) in [4.78, 5) is 0. The van der Waals surface area contributed by atoms with Crippen molar-refractivity contribution in [2.75, 3.05) is 0 Å². The molecule has 0 radical (unpaired) electrons. The van der Waals surface area contributed by atoms with E-state index in [0.717, 1.165) is 5.01 Å². The molecule has 15 heavy (non-hydrogen) atoms. The van der Waals surface area contributed by atoms with Gasteiger partial charge in [0, 0.05) is 16.6 Å². The van der Waals surface area contributed by atoms with Crippen molar-refractivity contribution in [1.29, 1.82) is 0 Å². The molecule has 0 fully saturated rings. The second kappa shape index (κ2) is 4.34. The van der Waals surface area contributed by atoms with E-state index in [-0.39, 0.29) is 5.82 Å². The molecule has 1 aromatic heterocycles. The van der Waals surface area contributed by atoms with Crippen molar-refractivity contribution in [1.82, 2.24) is 10.2 Å². The molecule has 0 aliphatic carbocycles. The summed E-state index contributed by atoms with van der Waals surface area (Å²) < 4.78 is 13.8. The molecule has 1 aromatic carbocycles. The number of hydrogen-bond acceptors (Lipinski definition) is 4. The maximum atomic E-state index is 13.1. The zero-order valence-electron chi connectivity index (χ0n) is 7.58. The van der Waals surface area contributed by atoms with Gasteiger partial charge in [-0.1, -0.05) is 27.3 Å². The van der Waals surface area contributed by atoms with E-state index in [1.165, 1.54) is 23.5 Å². The highest BCUT2D eigenvalue weighted by atomic mass is 79.9. The van der Waals surface area contributed by atoms with Gasteiger partial charge in [0.15, 0.2) is 0 Å². The van der Waals surface area contributed by atoms with E-state index in [4.69, 9.17) is 5.73 Å². The molecule has 0 aliphatic heterocycles. The number of rotatable bonds is 2. The Balaban J connectivity index is 2.44. The zero-order chi connectivity index (χ0) is 10.8. The van der Waals surface area contributed by atoms with Gasteiger partial charge in [-0.05, 0) is 18.2 Å². The van der Waals surface area contributed by atoms with Crippen LogP contribution in [-0.4, -0.2) is 10.2 Å².